The molecule has 0 saturated carbocycles. The molecule has 0 spiro atoms. The first kappa shape index (κ1) is 14.1. The summed E-state index contributed by atoms with van der Waals surface area (Å²) in [7, 11) is 0. The number of hydrogen-bond acceptors (Lipinski definition) is 6. The normalized spacial score (nSPS) is 11.6. The number of nitrogens with zero attached hydrogens (tertiary/aromatic N) is 2. The lowest BCUT2D eigenvalue weighted by atomic mass is 10.2. The summed E-state index contributed by atoms with van der Waals surface area (Å²) in [6.45, 7) is 0. The van der Waals surface area contributed by atoms with Crippen LogP contribution in [0.4, 0.5) is 5.69 Å². The molecule has 6 heteroatoms. The Bertz CT molecular complexity index is 828. The van der Waals surface area contributed by atoms with Crippen LogP contribution in [0.1, 0.15) is 5.01 Å². The minimum absolute atomic E-state index is 0.382. The first-order valence-electron chi connectivity index (χ1n) is 6.61. The maximum atomic E-state index is 9.51. The Labute approximate surface area is 131 Å². The van der Waals surface area contributed by atoms with Crippen LogP contribution < -0.4 is 16.6 Å². The van der Waals surface area contributed by atoms with E-state index in [0.717, 1.165) is 15.9 Å². The molecule has 2 aromatic carbocycles. The van der Waals surface area contributed by atoms with Gasteiger partial charge in [0.05, 0.1) is 10.2 Å². The molecule has 0 amide bonds. The van der Waals surface area contributed by atoms with Gasteiger partial charge in [-0.1, -0.05) is 30.3 Å². The van der Waals surface area contributed by atoms with Gasteiger partial charge in [0.2, 0.25) is 0 Å². The van der Waals surface area contributed by atoms with Gasteiger partial charge in [-0.25, -0.2) is 10.8 Å². The summed E-state index contributed by atoms with van der Waals surface area (Å²) in [6, 6.07) is 19.5. The molecule has 0 bridgehead atoms. The second-order valence-corrected chi connectivity index (χ2v) is 5.51. The van der Waals surface area contributed by atoms with Crippen LogP contribution in [-0.2, 0) is 0 Å². The number of allylic oxidation sites excluding steroid dienone is 1. The Morgan fingerprint density at radius 1 is 1.09 bits per heavy atom. The Morgan fingerprint density at radius 3 is 2.50 bits per heavy atom. The number of hydrogen-bond donors (Lipinski definition) is 3. The molecule has 0 aliphatic carbocycles. The average Bonchev–Trinajstić information content (AvgIpc) is 2.99. The van der Waals surface area contributed by atoms with E-state index in [1.165, 1.54) is 11.3 Å². The van der Waals surface area contributed by atoms with Crippen LogP contribution >= 0.6 is 11.3 Å². The van der Waals surface area contributed by atoms with E-state index in [1.807, 2.05) is 54.6 Å². The summed E-state index contributed by atoms with van der Waals surface area (Å²) < 4.78 is 1.03. The van der Waals surface area contributed by atoms with E-state index in [-0.39, 0.29) is 0 Å². The summed E-state index contributed by atoms with van der Waals surface area (Å²) in [4.78, 5) is 4.50. The number of hydrazine groups is 1. The van der Waals surface area contributed by atoms with Crippen LogP contribution in [0.5, 0.6) is 0 Å². The summed E-state index contributed by atoms with van der Waals surface area (Å²) >= 11 is 1.46. The van der Waals surface area contributed by atoms with Crippen LogP contribution in [0.2, 0.25) is 0 Å². The van der Waals surface area contributed by atoms with Crippen molar-refractivity contribution in [1.82, 2.24) is 10.4 Å². The van der Waals surface area contributed by atoms with Gasteiger partial charge in [0.15, 0.2) is 0 Å². The second-order valence-electron chi connectivity index (χ2n) is 4.48. The highest BCUT2D eigenvalue weighted by Gasteiger charge is 2.14. The lowest BCUT2D eigenvalue weighted by Crippen LogP contribution is -2.27. The van der Waals surface area contributed by atoms with Crippen molar-refractivity contribution in [2.24, 2.45) is 5.84 Å². The number of anilines is 1. The molecule has 0 saturated heterocycles. The van der Waals surface area contributed by atoms with Crippen molar-refractivity contribution in [3.05, 3.63) is 65.4 Å². The molecule has 0 aliphatic rings. The second kappa shape index (κ2) is 6.26. The predicted octanol–water partition coefficient (Wildman–Crippen LogP) is 3.06. The molecule has 0 atom stereocenters. The third-order valence-corrected chi connectivity index (χ3v) is 4.11. The number of fused-ring (bicyclic) bond motifs is 1. The molecule has 1 aromatic heterocycles. The summed E-state index contributed by atoms with van der Waals surface area (Å²) in [6.07, 6.45) is 0. The van der Waals surface area contributed by atoms with Crippen LogP contribution in [0, 0.1) is 11.3 Å². The molecule has 0 unspecified atom stereocenters. The fourth-order valence-electron chi connectivity index (χ4n) is 2.03. The van der Waals surface area contributed by atoms with Gasteiger partial charge in [0.1, 0.15) is 22.5 Å². The third kappa shape index (κ3) is 2.76. The van der Waals surface area contributed by atoms with Gasteiger partial charge in [-0.05, 0) is 24.3 Å². The van der Waals surface area contributed by atoms with E-state index in [4.69, 9.17) is 5.84 Å². The SMILES string of the molecule is N#CC(=C(NN)Nc1ccccc1)c1nc2ccccc2s1. The zero-order valence-electron chi connectivity index (χ0n) is 11.6. The van der Waals surface area contributed by atoms with Crippen LogP contribution in [0.3, 0.4) is 0 Å². The van der Waals surface area contributed by atoms with Gasteiger partial charge < -0.3 is 10.7 Å². The zero-order chi connectivity index (χ0) is 15.4. The molecule has 22 heavy (non-hydrogen) atoms. The molecule has 4 N–H and O–H groups in total. The van der Waals surface area contributed by atoms with Crippen molar-refractivity contribution in [3.63, 3.8) is 0 Å². The Kier molecular flexibility index (Phi) is 4.01. The summed E-state index contributed by atoms with van der Waals surface area (Å²) in [5.41, 5.74) is 4.64. The standard InChI is InChI=1S/C16H13N5S/c17-10-12(15(21-18)19-11-6-2-1-3-7-11)16-20-13-8-4-5-9-14(13)22-16/h1-9,19,21H,18H2. The van der Waals surface area contributed by atoms with Crippen molar-refractivity contribution in [2.75, 3.05) is 5.32 Å². The Balaban J connectivity index is 2.04. The topological polar surface area (TPSA) is 86.8 Å². The van der Waals surface area contributed by atoms with Crippen molar-refractivity contribution >= 4 is 32.8 Å². The highest BCUT2D eigenvalue weighted by atomic mass is 32.1. The lowest BCUT2D eigenvalue weighted by molar-refractivity contribution is 0.896. The minimum Gasteiger partial charge on any atom is -0.340 e. The molecule has 0 aliphatic heterocycles. The van der Waals surface area contributed by atoms with E-state index >= 15 is 0 Å². The number of nitrogens with two attached hydrogens (primary N) is 1. The first-order chi connectivity index (χ1) is 10.8. The van der Waals surface area contributed by atoms with E-state index in [0.29, 0.717) is 16.4 Å². The highest BCUT2D eigenvalue weighted by Crippen LogP contribution is 2.28. The number of aromatic nitrogens is 1. The van der Waals surface area contributed by atoms with Crippen LogP contribution in [-0.4, -0.2) is 4.98 Å². The smallest absolute Gasteiger partial charge is 0.139 e. The maximum Gasteiger partial charge on any atom is 0.139 e. The van der Waals surface area contributed by atoms with Gasteiger partial charge >= 0.3 is 0 Å². The van der Waals surface area contributed by atoms with Gasteiger partial charge in [-0.2, -0.15) is 5.26 Å². The summed E-state index contributed by atoms with van der Waals surface area (Å²) in [5.74, 6) is 6.01. The maximum absolute atomic E-state index is 9.51. The van der Waals surface area contributed by atoms with Gasteiger partial charge in [0, 0.05) is 5.69 Å². The first-order valence-corrected chi connectivity index (χ1v) is 7.42. The molecule has 0 radical (unpaired) electrons. The molecule has 108 valence electrons. The predicted molar refractivity (Wildman–Crippen MR) is 89.5 cm³/mol. The molecular weight excluding hydrogens is 294 g/mol. The number of benzene rings is 2. The summed E-state index contributed by atoms with van der Waals surface area (Å²) in [5, 5.41) is 13.2. The van der Waals surface area contributed by atoms with E-state index in [2.05, 4.69) is 21.8 Å². The Hall–Kier alpha value is -2.88. The van der Waals surface area contributed by atoms with E-state index in [9.17, 15) is 5.26 Å². The number of rotatable bonds is 4. The van der Waals surface area contributed by atoms with Crippen molar-refractivity contribution in [1.29, 1.82) is 5.26 Å². The number of para-hydroxylation sites is 2. The monoisotopic (exact) mass is 307 g/mol. The van der Waals surface area contributed by atoms with Crippen LogP contribution in [0.15, 0.2) is 60.4 Å². The van der Waals surface area contributed by atoms with Gasteiger partial charge in [-0.15, -0.1) is 11.3 Å². The van der Waals surface area contributed by atoms with Crippen molar-refractivity contribution < 1.29 is 0 Å². The lowest BCUT2D eigenvalue weighted by Gasteiger charge is -2.11. The molecule has 5 nitrogen and oxygen atoms in total. The van der Waals surface area contributed by atoms with Crippen LogP contribution in [0.25, 0.3) is 15.8 Å². The quantitative estimate of drug-likeness (QED) is 0.392. The van der Waals surface area contributed by atoms with E-state index < -0.39 is 0 Å². The fraction of sp³-hybridized carbons (Fsp3) is 0. The third-order valence-electron chi connectivity index (χ3n) is 3.06. The van der Waals surface area contributed by atoms with E-state index in [1.54, 1.807) is 0 Å². The van der Waals surface area contributed by atoms with Gasteiger partial charge in [0.25, 0.3) is 0 Å². The Morgan fingerprint density at radius 2 is 1.82 bits per heavy atom. The molecule has 3 aromatic rings. The zero-order valence-corrected chi connectivity index (χ0v) is 12.4. The largest absolute Gasteiger partial charge is 0.340 e. The number of nitriles is 1. The molecule has 0 fully saturated rings. The van der Waals surface area contributed by atoms with Gasteiger partial charge in [-0.3, -0.25) is 0 Å². The van der Waals surface area contributed by atoms with Crippen molar-refractivity contribution in [3.8, 4) is 6.07 Å². The molecule has 1 heterocycles. The fourth-order valence-corrected chi connectivity index (χ4v) is 2.99. The molecular formula is C16H13N5S. The number of nitrogens with one attached hydrogen (secondary N) is 2. The average molecular weight is 307 g/mol. The highest BCUT2D eigenvalue weighted by molar-refractivity contribution is 7.19. The number of thiazole rings is 1. The van der Waals surface area contributed by atoms with Crippen molar-refractivity contribution in [2.45, 2.75) is 0 Å². The minimum atomic E-state index is 0.382. The molecule has 3 rings (SSSR count).